The molecule has 2 aromatic rings. The molecule has 1 fully saturated rings. The summed E-state index contributed by atoms with van der Waals surface area (Å²) in [5, 5.41) is 2.54. The quantitative estimate of drug-likeness (QED) is 0.760. The number of hydrogen-bond donors (Lipinski definition) is 1. The fourth-order valence-electron chi connectivity index (χ4n) is 2.90. The van der Waals surface area contributed by atoms with E-state index in [0.29, 0.717) is 5.75 Å². The van der Waals surface area contributed by atoms with Crippen molar-refractivity contribution in [1.82, 2.24) is 10.2 Å². The van der Waals surface area contributed by atoms with Gasteiger partial charge in [0.25, 0.3) is 5.91 Å². The lowest BCUT2D eigenvalue weighted by Gasteiger charge is -2.15. The molecular formula is C20H22N2O5S. The average molecular weight is 402 g/mol. The number of likely N-dealkylation sites (tertiary alicyclic amines) is 1. The Bertz CT molecular complexity index is 921. The summed E-state index contributed by atoms with van der Waals surface area (Å²) in [5.74, 6) is -0.136. The molecule has 1 aliphatic heterocycles. The Labute approximate surface area is 164 Å². The zero-order valence-corrected chi connectivity index (χ0v) is 16.2. The van der Waals surface area contributed by atoms with Crippen molar-refractivity contribution in [3.8, 4) is 5.75 Å². The van der Waals surface area contributed by atoms with Gasteiger partial charge in [0.1, 0.15) is 5.75 Å². The van der Waals surface area contributed by atoms with Crippen molar-refractivity contribution in [1.29, 1.82) is 0 Å². The topological polar surface area (TPSA) is 92.8 Å². The van der Waals surface area contributed by atoms with Gasteiger partial charge in [-0.25, -0.2) is 8.42 Å². The summed E-state index contributed by atoms with van der Waals surface area (Å²) in [4.78, 5) is 25.8. The van der Waals surface area contributed by atoms with Crippen molar-refractivity contribution < 1.29 is 22.7 Å². The van der Waals surface area contributed by atoms with Gasteiger partial charge in [0.15, 0.2) is 6.61 Å². The zero-order chi connectivity index (χ0) is 20.0. The lowest BCUT2D eigenvalue weighted by atomic mass is 10.3. The zero-order valence-electron chi connectivity index (χ0n) is 15.3. The Hall–Kier alpha value is -2.87. The van der Waals surface area contributed by atoms with Crippen LogP contribution in [0.5, 0.6) is 5.75 Å². The molecule has 0 aliphatic carbocycles. The van der Waals surface area contributed by atoms with E-state index in [4.69, 9.17) is 4.74 Å². The van der Waals surface area contributed by atoms with Crippen molar-refractivity contribution in [2.45, 2.75) is 22.6 Å². The van der Waals surface area contributed by atoms with Gasteiger partial charge in [-0.3, -0.25) is 9.59 Å². The van der Waals surface area contributed by atoms with Crippen LogP contribution in [0.2, 0.25) is 0 Å². The largest absolute Gasteiger partial charge is 0.484 e. The van der Waals surface area contributed by atoms with Gasteiger partial charge < -0.3 is 15.0 Å². The summed E-state index contributed by atoms with van der Waals surface area (Å²) in [6, 6.07) is 14.0. The van der Waals surface area contributed by atoms with E-state index in [1.54, 1.807) is 23.1 Å². The molecule has 2 amide bonds. The molecular weight excluding hydrogens is 380 g/mol. The smallest absolute Gasteiger partial charge is 0.258 e. The van der Waals surface area contributed by atoms with Crippen molar-refractivity contribution in [3.63, 3.8) is 0 Å². The highest BCUT2D eigenvalue weighted by Crippen LogP contribution is 2.22. The summed E-state index contributed by atoms with van der Waals surface area (Å²) >= 11 is 0. The minimum absolute atomic E-state index is 0.0452. The number of carbonyl (C=O) groups is 2. The van der Waals surface area contributed by atoms with Gasteiger partial charge in [-0.1, -0.05) is 18.2 Å². The molecule has 0 unspecified atom stereocenters. The Morgan fingerprint density at radius 1 is 0.929 bits per heavy atom. The van der Waals surface area contributed by atoms with Crippen molar-refractivity contribution >= 4 is 21.7 Å². The highest BCUT2D eigenvalue weighted by molar-refractivity contribution is 7.91. The first-order chi connectivity index (χ1) is 13.5. The summed E-state index contributed by atoms with van der Waals surface area (Å²) in [5.41, 5.74) is 0. The van der Waals surface area contributed by atoms with Crippen LogP contribution in [0.25, 0.3) is 0 Å². The van der Waals surface area contributed by atoms with Crippen LogP contribution in [0, 0.1) is 0 Å². The van der Waals surface area contributed by atoms with Crippen LogP contribution in [-0.2, 0) is 19.4 Å². The molecule has 0 spiro atoms. The minimum Gasteiger partial charge on any atom is -0.484 e. The molecule has 1 aliphatic rings. The van der Waals surface area contributed by atoms with Crippen molar-refractivity contribution in [3.05, 3.63) is 54.6 Å². The summed E-state index contributed by atoms with van der Waals surface area (Å²) < 4.78 is 30.4. The number of carbonyl (C=O) groups excluding carboxylic acids is 2. The van der Waals surface area contributed by atoms with Crippen LogP contribution in [0.15, 0.2) is 64.4 Å². The van der Waals surface area contributed by atoms with E-state index in [0.717, 1.165) is 25.9 Å². The van der Waals surface area contributed by atoms with E-state index in [2.05, 4.69) is 5.32 Å². The molecule has 0 bridgehead atoms. The molecule has 8 heteroatoms. The molecule has 0 atom stereocenters. The molecule has 3 rings (SSSR count). The first kappa shape index (κ1) is 19.9. The molecule has 2 aromatic carbocycles. The van der Waals surface area contributed by atoms with Crippen LogP contribution in [0.3, 0.4) is 0 Å². The van der Waals surface area contributed by atoms with E-state index in [1.807, 2.05) is 0 Å². The second kappa shape index (κ2) is 8.88. The van der Waals surface area contributed by atoms with Gasteiger partial charge >= 0.3 is 0 Å². The number of amides is 2. The number of rotatable bonds is 7. The Morgan fingerprint density at radius 2 is 1.54 bits per heavy atom. The third kappa shape index (κ3) is 4.89. The van der Waals surface area contributed by atoms with Crippen LogP contribution in [0.4, 0.5) is 0 Å². The van der Waals surface area contributed by atoms with Gasteiger partial charge in [0.2, 0.25) is 15.7 Å². The maximum Gasteiger partial charge on any atom is 0.258 e. The molecule has 28 heavy (non-hydrogen) atoms. The van der Waals surface area contributed by atoms with Gasteiger partial charge in [0.05, 0.1) is 16.3 Å². The van der Waals surface area contributed by atoms with Crippen molar-refractivity contribution in [2.75, 3.05) is 26.2 Å². The first-order valence-electron chi connectivity index (χ1n) is 9.04. The highest BCUT2D eigenvalue weighted by atomic mass is 32.2. The number of hydrogen-bond acceptors (Lipinski definition) is 5. The summed E-state index contributed by atoms with van der Waals surface area (Å²) in [6.07, 6.45) is 2.00. The van der Waals surface area contributed by atoms with Gasteiger partial charge in [-0.05, 0) is 49.2 Å². The molecule has 1 heterocycles. The predicted octanol–water partition coefficient (Wildman–Crippen LogP) is 1.64. The molecule has 0 saturated carbocycles. The average Bonchev–Trinajstić information content (AvgIpc) is 3.26. The third-order valence-electron chi connectivity index (χ3n) is 4.45. The van der Waals surface area contributed by atoms with E-state index in [9.17, 15) is 18.0 Å². The molecule has 0 radical (unpaired) electrons. The number of sulfone groups is 1. The number of ether oxygens (including phenoxy) is 1. The van der Waals surface area contributed by atoms with E-state index >= 15 is 0 Å². The number of nitrogens with zero attached hydrogens (tertiary/aromatic N) is 1. The lowest BCUT2D eigenvalue weighted by molar-refractivity contribution is -0.132. The Morgan fingerprint density at radius 3 is 2.18 bits per heavy atom. The van der Waals surface area contributed by atoms with Crippen LogP contribution in [0.1, 0.15) is 12.8 Å². The van der Waals surface area contributed by atoms with Gasteiger partial charge in [-0.15, -0.1) is 0 Å². The fraction of sp³-hybridized carbons (Fsp3) is 0.300. The predicted molar refractivity (Wildman–Crippen MR) is 103 cm³/mol. The van der Waals surface area contributed by atoms with Crippen molar-refractivity contribution in [2.24, 2.45) is 0 Å². The normalized spacial score (nSPS) is 13.9. The Balaban J connectivity index is 1.50. The molecule has 1 N–H and O–H groups in total. The summed E-state index contributed by atoms with van der Waals surface area (Å²) in [7, 11) is -3.59. The van der Waals surface area contributed by atoms with E-state index < -0.39 is 15.7 Å². The van der Waals surface area contributed by atoms with Gasteiger partial charge in [-0.2, -0.15) is 0 Å². The molecule has 1 saturated heterocycles. The van der Waals surface area contributed by atoms with Gasteiger partial charge in [0, 0.05) is 13.1 Å². The maximum absolute atomic E-state index is 12.5. The first-order valence-corrected chi connectivity index (χ1v) is 10.5. The SMILES string of the molecule is O=C(COc1ccc(S(=O)(=O)c2ccccc2)cc1)NCC(=O)N1CCCC1. The lowest BCUT2D eigenvalue weighted by Crippen LogP contribution is -2.40. The highest BCUT2D eigenvalue weighted by Gasteiger charge is 2.19. The standard InChI is InChI=1S/C20H22N2O5S/c23-19(21-14-20(24)22-12-4-5-13-22)15-27-16-8-10-18(11-9-16)28(25,26)17-6-2-1-3-7-17/h1-3,6-11H,4-5,12-15H2,(H,21,23). The number of nitrogens with one attached hydrogen (secondary N) is 1. The summed E-state index contributed by atoms with van der Waals surface area (Å²) in [6.45, 7) is 1.18. The second-order valence-corrected chi connectivity index (χ2v) is 8.39. The van der Waals surface area contributed by atoms with E-state index in [1.165, 1.54) is 36.4 Å². The maximum atomic E-state index is 12.5. The minimum atomic E-state index is -3.59. The third-order valence-corrected chi connectivity index (χ3v) is 6.24. The van der Waals surface area contributed by atoms with E-state index in [-0.39, 0.29) is 28.8 Å². The van der Waals surface area contributed by atoms with Crippen LogP contribution < -0.4 is 10.1 Å². The number of benzene rings is 2. The molecule has 148 valence electrons. The molecule has 7 nitrogen and oxygen atoms in total. The molecule has 0 aromatic heterocycles. The van der Waals surface area contributed by atoms with Crippen LogP contribution >= 0.6 is 0 Å². The second-order valence-electron chi connectivity index (χ2n) is 6.44. The Kier molecular flexibility index (Phi) is 6.30. The monoisotopic (exact) mass is 402 g/mol. The fourth-order valence-corrected chi connectivity index (χ4v) is 4.19. The van der Waals surface area contributed by atoms with Crippen LogP contribution in [-0.4, -0.2) is 51.4 Å².